The molecule has 0 aromatic rings. The van der Waals surface area contributed by atoms with E-state index in [0.717, 1.165) is 19.3 Å². The zero-order chi connectivity index (χ0) is 21.9. The molecule has 2 amide bonds. The summed E-state index contributed by atoms with van der Waals surface area (Å²) in [6.07, 6.45) is 6.72. The van der Waals surface area contributed by atoms with Gasteiger partial charge in [-0.05, 0) is 43.1 Å². The molecule has 2 aliphatic rings. The number of nitrogens with one attached hydrogen (secondary N) is 1. The van der Waals surface area contributed by atoms with Crippen molar-refractivity contribution in [1.29, 1.82) is 0 Å². The molecule has 1 N–H and O–H groups in total. The lowest BCUT2D eigenvalue weighted by Crippen LogP contribution is -2.61. The first kappa shape index (κ1) is 23.8. The SMILES string of the molecule is CC(C)[C@@H](C=O)N(C)C(=O)[C@@H](NC(=O)C1CC2CCCCC2CN1C)C(C)(C)C. The Kier molecular flexibility index (Phi) is 7.88. The van der Waals surface area contributed by atoms with E-state index in [0.29, 0.717) is 11.8 Å². The van der Waals surface area contributed by atoms with Crippen LogP contribution in [0.4, 0.5) is 0 Å². The number of nitrogens with zero attached hydrogens (tertiary/aromatic N) is 2. The van der Waals surface area contributed by atoms with Crippen LogP contribution < -0.4 is 5.32 Å². The highest BCUT2D eigenvalue weighted by molar-refractivity contribution is 5.91. The van der Waals surface area contributed by atoms with Crippen molar-refractivity contribution in [3.63, 3.8) is 0 Å². The monoisotopic (exact) mass is 407 g/mol. The fourth-order valence-corrected chi connectivity index (χ4v) is 5.04. The number of hydrogen-bond acceptors (Lipinski definition) is 4. The summed E-state index contributed by atoms with van der Waals surface area (Å²) in [6.45, 7) is 10.7. The summed E-state index contributed by atoms with van der Waals surface area (Å²) in [4.78, 5) is 41.7. The van der Waals surface area contributed by atoms with E-state index >= 15 is 0 Å². The number of fused-ring (bicyclic) bond motifs is 1. The van der Waals surface area contributed by atoms with Gasteiger partial charge in [0.15, 0.2) is 0 Å². The van der Waals surface area contributed by atoms with Crippen LogP contribution in [0.15, 0.2) is 0 Å². The first-order chi connectivity index (χ1) is 13.5. The van der Waals surface area contributed by atoms with Gasteiger partial charge in [-0.3, -0.25) is 14.5 Å². The quantitative estimate of drug-likeness (QED) is 0.688. The molecule has 6 nitrogen and oxygen atoms in total. The van der Waals surface area contributed by atoms with Crippen molar-refractivity contribution in [3.8, 4) is 0 Å². The molecule has 2 rings (SSSR count). The Morgan fingerprint density at radius 3 is 2.24 bits per heavy atom. The second-order valence-corrected chi connectivity index (χ2v) is 10.6. The first-order valence-electron chi connectivity index (χ1n) is 11.2. The number of likely N-dealkylation sites (tertiary alicyclic amines) is 1. The maximum absolute atomic E-state index is 13.3. The number of carbonyl (C=O) groups is 3. The van der Waals surface area contributed by atoms with E-state index in [4.69, 9.17) is 0 Å². The van der Waals surface area contributed by atoms with Crippen LogP contribution in [0, 0.1) is 23.2 Å². The van der Waals surface area contributed by atoms with Crippen molar-refractivity contribution < 1.29 is 14.4 Å². The van der Waals surface area contributed by atoms with Crippen molar-refractivity contribution in [2.75, 3.05) is 20.6 Å². The Labute approximate surface area is 176 Å². The fraction of sp³-hybridized carbons (Fsp3) is 0.870. The van der Waals surface area contributed by atoms with Crippen molar-refractivity contribution in [3.05, 3.63) is 0 Å². The van der Waals surface area contributed by atoms with Gasteiger partial charge in [0, 0.05) is 13.6 Å². The fourth-order valence-electron chi connectivity index (χ4n) is 5.04. The van der Waals surface area contributed by atoms with Gasteiger partial charge >= 0.3 is 0 Å². The summed E-state index contributed by atoms with van der Waals surface area (Å²) in [5.41, 5.74) is -0.452. The minimum absolute atomic E-state index is 0.0190. The van der Waals surface area contributed by atoms with E-state index in [-0.39, 0.29) is 23.8 Å². The Morgan fingerprint density at radius 2 is 1.72 bits per heavy atom. The molecule has 6 heteroatoms. The van der Waals surface area contributed by atoms with Crippen LogP contribution in [-0.2, 0) is 14.4 Å². The first-order valence-corrected chi connectivity index (χ1v) is 11.2. The van der Waals surface area contributed by atoms with E-state index in [1.807, 2.05) is 41.7 Å². The summed E-state index contributed by atoms with van der Waals surface area (Å²) in [5.74, 6) is 1.06. The number of carbonyl (C=O) groups excluding carboxylic acids is 3. The predicted molar refractivity (Wildman–Crippen MR) is 115 cm³/mol. The van der Waals surface area contributed by atoms with Gasteiger partial charge in [0.1, 0.15) is 12.3 Å². The maximum atomic E-state index is 13.3. The second kappa shape index (κ2) is 9.59. The Bertz CT molecular complexity index is 599. The van der Waals surface area contributed by atoms with Gasteiger partial charge in [0.2, 0.25) is 11.8 Å². The van der Waals surface area contributed by atoms with Gasteiger partial charge < -0.3 is 15.0 Å². The third-order valence-electron chi connectivity index (χ3n) is 6.97. The molecule has 1 aliphatic heterocycles. The molecule has 2 fully saturated rings. The van der Waals surface area contributed by atoms with E-state index < -0.39 is 17.5 Å². The predicted octanol–water partition coefficient (Wildman–Crippen LogP) is 2.71. The number of amides is 2. The molecule has 1 heterocycles. The van der Waals surface area contributed by atoms with Crippen LogP contribution in [0.1, 0.15) is 66.7 Å². The van der Waals surface area contributed by atoms with Gasteiger partial charge in [-0.1, -0.05) is 53.9 Å². The standard InChI is InChI=1S/C23H41N3O3/c1-15(2)19(14-27)26(7)22(29)20(23(3,4)5)24-21(28)18-12-16-10-8-9-11-17(16)13-25(18)6/h14-20H,8-13H2,1-7H3,(H,24,28)/t16?,17?,18?,19-,20-/m1/s1. The lowest BCUT2D eigenvalue weighted by Gasteiger charge is -2.45. The summed E-state index contributed by atoms with van der Waals surface area (Å²) >= 11 is 0. The molecular weight excluding hydrogens is 366 g/mol. The van der Waals surface area contributed by atoms with Crippen LogP contribution in [0.3, 0.4) is 0 Å². The molecule has 0 aromatic heterocycles. The van der Waals surface area contributed by atoms with Crippen molar-refractivity contribution in [2.45, 2.75) is 84.8 Å². The molecule has 5 atom stereocenters. The third kappa shape index (κ3) is 5.59. The maximum Gasteiger partial charge on any atom is 0.246 e. The van der Waals surface area contributed by atoms with Gasteiger partial charge in [-0.25, -0.2) is 0 Å². The van der Waals surface area contributed by atoms with E-state index in [1.54, 1.807) is 7.05 Å². The van der Waals surface area contributed by atoms with Crippen LogP contribution in [0.5, 0.6) is 0 Å². The number of rotatable bonds is 6. The normalized spacial score (nSPS) is 27.7. The Balaban J connectivity index is 2.14. The van der Waals surface area contributed by atoms with E-state index in [1.165, 1.54) is 30.6 Å². The molecule has 1 saturated carbocycles. The second-order valence-electron chi connectivity index (χ2n) is 10.6. The number of piperidine rings is 1. The Morgan fingerprint density at radius 1 is 1.14 bits per heavy atom. The van der Waals surface area contributed by atoms with Gasteiger partial charge in [0.05, 0.1) is 12.1 Å². The van der Waals surface area contributed by atoms with Crippen LogP contribution >= 0.6 is 0 Å². The van der Waals surface area contributed by atoms with Crippen molar-refractivity contribution in [2.24, 2.45) is 23.2 Å². The summed E-state index contributed by atoms with van der Waals surface area (Å²) in [6, 6.07) is -1.35. The summed E-state index contributed by atoms with van der Waals surface area (Å²) in [7, 11) is 3.68. The molecule has 1 saturated heterocycles. The summed E-state index contributed by atoms with van der Waals surface area (Å²) in [5, 5.41) is 3.06. The molecule has 3 unspecified atom stereocenters. The molecule has 0 aromatic carbocycles. The molecule has 0 bridgehead atoms. The minimum Gasteiger partial charge on any atom is -0.342 e. The number of likely N-dealkylation sites (N-methyl/N-ethyl adjacent to an activating group) is 2. The molecule has 166 valence electrons. The van der Waals surface area contributed by atoms with Gasteiger partial charge in [-0.2, -0.15) is 0 Å². The van der Waals surface area contributed by atoms with Crippen LogP contribution in [-0.4, -0.2) is 66.7 Å². The average molecular weight is 408 g/mol. The molecule has 0 radical (unpaired) electrons. The number of aldehydes is 1. The van der Waals surface area contributed by atoms with Crippen LogP contribution in [0.25, 0.3) is 0 Å². The third-order valence-corrected chi connectivity index (χ3v) is 6.97. The topological polar surface area (TPSA) is 69.7 Å². The lowest BCUT2D eigenvalue weighted by atomic mass is 9.73. The van der Waals surface area contributed by atoms with E-state index in [2.05, 4.69) is 10.2 Å². The number of hydrogen-bond donors (Lipinski definition) is 1. The zero-order valence-corrected chi connectivity index (χ0v) is 19.4. The lowest BCUT2D eigenvalue weighted by molar-refractivity contribution is -0.144. The molecule has 1 aliphatic carbocycles. The Hall–Kier alpha value is -1.43. The van der Waals surface area contributed by atoms with Crippen molar-refractivity contribution in [1.82, 2.24) is 15.1 Å². The molecule has 29 heavy (non-hydrogen) atoms. The zero-order valence-electron chi connectivity index (χ0n) is 19.4. The van der Waals surface area contributed by atoms with Gasteiger partial charge in [0.25, 0.3) is 0 Å². The van der Waals surface area contributed by atoms with Crippen molar-refractivity contribution >= 4 is 18.1 Å². The highest BCUT2D eigenvalue weighted by atomic mass is 16.2. The summed E-state index contributed by atoms with van der Waals surface area (Å²) < 4.78 is 0. The van der Waals surface area contributed by atoms with Crippen LogP contribution in [0.2, 0.25) is 0 Å². The molecule has 0 spiro atoms. The van der Waals surface area contributed by atoms with Gasteiger partial charge in [-0.15, -0.1) is 0 Å². The highest BCUT2D eigenvalue weighted by Gasteiger charge is 2.42. The molecular formula is C23H41N3O3. The highest BCUT2D eigenvalue weighted by Crippen LogP contribution is 2.38. The van der Waals surface area contributed by atoms with E-state index in [9.17, 15) is 14.4 Å². The average Bonchev–Trinajstić information content (AvgIpc) is 2.64. The largest absolute Gasteiger partial charge is 0.342 e. The smallest absolute Gasteiger partial charge is 0.246 e. The minimum atomic E-state index is -0.668.